The first kappa shape index (κ1) is 22.6. The summed E-state index contributed by atoms with van der Waals surface area (Å²) < 4.78 is 38.7. The molecule has 0 aromatic heterocycles. The molecular weight excluding hydrogens is 391 g/mol. The third kappa shape index (κ3) is 7.02. The normalized spacial score (nSPS) is 13.3. The predicted molar refractivity (Wildman–Crippen MR) is 116 cm³/mol. The largest absolute Gasteiger partial charge is 0.346 e. The average Bonchev–Trinajstić information content (AvgIpc) is 2.60. The Labute approximate surface area is 172 Å². The number of sulfonamides is 1. The van der Waals surface area contributed by atoms with Crippen LogP contribution in [-0.2, 0) is 20.2 Å². The summed E-state index contributed by atoms with van der Waals surface area (Å²) in [6.45, 7) is 8.14. The third-order valence-electron chi connectivity index (χ3n) is 4.35. The first-order chi connectivity index (χ1) is 13.3. The molecule has 0 saturated carbocycles. The van der Waals surface area contributed by atoms with Crippen LogP contribution in [-0.4, -0.2) is 20.6 Å². The summed E-state index contributed by atoms with van der Waals surface area (Å²) in [5, 5.41) is 2.77. The highest BCUT2D eigenvalue weighted by Gasteiger charge is 2.14. The number of nitrogens with one attached hydrogen (secondary N) is 2. The number of hydrogen-bond donors (Lipinski definition) is 2. The van der Waals surface area contributed by atoms with E-state index < -0.39 is 21.9 Å². The minimum Gasteiger partial charge on any atom is -0.346 e. The third-order valence-corrected chi connectivity index (χ3v) is 4.94. The lowest BCUT2D eigenvalue weighted by Gasteiger charge is -2.18. The number of benzene rings is 2. The summed E-state index contributed by atoms with van der Waals surface area (Å²) >= 11 is 0. The second-order valence-corrected chi connectivity index (χ2v) is 9.80. The van der Waals surface area contributed by atoms with E-state index in [9.17, 15) is 17.6 Å². The summed E-state index contributed by atoms with van der Waals surface area (Å²) in [6.07, 6.45) is 4.10. The lowest BCUT2D eigenvalue weighted by atomic mass is 9.87. The molecule has 0 radical (unpaired) electrons. The number of hydrogen-bond acceptors (Lipinski definition) is 3. The van der Waals surface area contributed by atoms with Crippen LogP contribution in [0.25, 0.3) is 6.08 Å². The predicted octanol–water partition coefficient (Wildman–Crippen LogP) is 4.39. The van der Waals surface area contributed by atoms with E-state index in [0.717, 1.165) is 11.8 Å². The summed E-state index contributed by atoms with van der Waals surface area (Å²) in [6, 6.07) is 11.6. The molecular formula is C22H27FN2O3S. The molecule has 0 fully saturated rings. The van der Waals surface area contributed by atoms with Gasteiger partial charge in [0, 0.05) is 6.08 Å². The van der Waals surface area contributed by atoms with E-state index >= 15 is 0 Å². The fourth-order valence-electron chi connectivity index (χ4n) is 2.69. The van der Waals surface area contributed by atoms with Crippen LogP contribution in [0, 0.1) is 5.82 Å². The molecule has 5 nitrogen and oxygen atoms in total. The first-order valence-electron chi connectivity index (χ1n) is 9.21. The van der Waals surface area contributed by atoms with Gasteiger partial charge in [-0.15, -0.1) is 0 Å². The van der Waals surface area contributed by atoms with Crippen molar-refractivity contribution in [2.24, 2.45) is 0 Å². The van der Waals surface area contributed by atoms with Gasteiger partial charge in [-0.05, 0) is 47.2 Å². The minimum atomic E-state index is -3.57. The maximum atomic E-state index is 14.1. The van der Waals surface area contributed by atoms with Gasteiger partial charge in [-0.3, -0.25) is 9.52 Å². The second kappa shape index (κ2) is 8.78. The van der Waals surface area contributed by atoms with E-state index in [4.69, 9.17) is 0 Å². The molecule has 0 aliphatic carbocycles. The second-order valence-electron chi connectivity index (χ2n) is 8.05. The van der Waals surface area contributed by atoms with Crippen LogP contribution in [0.5, 0.6) is 0 Å². The lowest BCUT2D eigenvalue weighted by Crippen LogP contribution is -2.24. The Bertz CT molecular complexity index is 1010. The zero-order valence-corrected chi connectivity index (χ0v) is 18.1. The van der Waals surface area contributed by atoms with Gasteiger partial charge in [-0.1, -0.05) is 51.1 Å². The Morgan fingerprint density at radius 2 is 1.72 bits per heavy atom. The van der Waals surface area contributed by atoms with E-state index in [1.807, 2.05) is 24.3 Å². The number of rotatable bonds is 6. The Hall–Kier alpha value is -2.67. The first-order valence-corrected chi connectivity index (χ1v) is 11.1. The molecule has 0 aliphatic heterocycles. The highest BCUT2D eigenvalue weighted by Crippen LogP contribution is 2.23. The molecule has 1 atom stereocenters. The highest BCUT2D eigenvalue weighted by molar-refractivity contribution is 7.92. The maximum absolute atomic E-state index is 14.1. The molecule has 0 spiro atoms. The minimum absolute atomic E-state index is 0.0662. The molecule has 2 rings (SSSR count). The molecule has 1 amide bonds. The molecule has 2 aromatic rings. The molecule has 2 aromatic carbocycles. The summed E-state index contributed by atoms with van der Waals surface area (Å²) in [4.78, 5) is 12.2. The van der Waals surface area contributed by atoms with Crippen molar-refractivity contribution < 1.29 is 17.6 Å². The van der Waals surface area contributed by atoms with Crippen molar-refractivity contribution >= 4 is 27.7 Å². The number of amides is 1. The van der Waals surface area contributed by atoms with Crippen LogP contribution in [0.15, 0.2) is 48.5 Å². The van der Waals surface area contributed by atoms with Gasteiger partial charge in [0.2, 0.25) is 15.9 Å². The van der Waals surface area contributed by atoms with Gasteiger partial charge in [-0.25, -0.2) is 12.8 Å². The topological polar surface area (TPSA) is 75.3 Å². The monoisotopic (exact) mass is 418 g/mol. The summed E-state index contributed by atoms with van der Waals surface area (Å²) in [5.41, 5.74) is 2.58. The van der Waals surface area contributed by atoms with Gasteiger partial charge in [0.1, 0.15) is 5.82 Å². The highest BCUT2D eigenvalue weighted by atomic mass is 32.2. The van der Waals surface area contributed by atoms with Crippen LogP contribution >= 0.6 is 0 Å². The van der Waals surface area contributed by atoms with Gasteiger partial charge in [-0.2, -0.15) is 0 Å². The lowest BCUT2D eigenvalue weighted by molar-refractivity contribution is -0.117. The van der Waals surface area contributed by atoms with Crippen molar-refractivity contribution in [1.29, 1.82) is 0 Å². The number of halogens is 1. The Morgan fingerprint density at radius 3 is 2.24 bits per heavy atom. The van der Waals surface area contributed by atoms with Crippen molar-refractivity contribution in [3.05, 3.63) is 71.0 Å². The van der Waals surface area contributed by atoms with E-state index in [1.165, 1.54) is 23.8 Å². The van der Waals surface area contributed by atoms with Crippen LogP contribution in [0.3, 0.4) is 0 Å². The quantitative estimate of drug-likeness (QED) is 0.684. The van der Waals surface area contributed by atoms with Gasteiger partial charge < -0.3 is 5.32 Å². The Morgan fingerprint density at radius 1 is 1.10 bits per heavy atom. The van der Waals surface area contributed by atoms with Gasteiger partial charge in [0.15, 0.2) is 0 Å². The summed E-state index contributed by atoms with van der Waals surface area (Å²) in [5.74, 6) is -1.01. The zero-order chi connectivity index (χ0) is 21.8. The van der Waals surface area contributed by atoms with Crippen LogP contribution in [0.1, 0.15) is 50.4 Å². The van der Waals surface area contributed by atoms with Crippen LogP contribution in [0.2, 0.25) is 0 Å². The van der Waals surface area contributed by atoms with E-state index in [2.05, 4.69) is 30.8 Å². The smallest absolute Gasteiger partial charge is 0.244 e. The standard InChI is InChI=1S/C22H27FN2O3S/c1-15(17-9-12-20(19(23)14-17)25-29(5,27)28)24-21(26)13-8-16-6-10-18(11-7-16)22(2,3)4/h6-15,25H,1-5H3,(H,24,26)/b13-8+. The summed E-state index contributed by atoms with van der Waals surface area (Å²) in [7, 11) is -3.57. The van der Waals surface area contributed by atoms with E-state index in [-0.39, 0.29) is 17.0 Å². The molecule has 0 saturated heterocycles. The maximum Gasteiger partial charge on any atom is 0.244 e. The fraction of sp³-hybridized carbons (Fsp3) is 0.318. The molecule has 2 N–H and O–H groups in total. The molecule has 29 heavy (non-hydrogen) atoms. The van der Waals surface area contributed by atoms with Crippen molar-refractivity contribution in [2.75, 3.05) is 11.0 Å². The number of carbonyl (C=O) groups is 1. The fourth-order valence-corrected chi connectivity index (χ4v) is 3.26. The van der Waals surface area contributed by atoms with E-state index in [0.29, 0.717) is 5.56 Å². The SMILES string of the molecule is CC(NC(=O)/C=C/c1ccc(C(C)(C)C)cc1)c1ccc(NS(C)(=O)=O)c(F)c1. The van der Waals surface area contributed by atoms with E-state index in [1.54, 1.807) is 19.1 Å². The van der Waals surface area contributed by atoms with Crippen molar-refractivity contribution in [1.82, 2.24) is 5.32 Å². The van der Waals surface area contributed by atoms with Crippen molar-refractivity contribution in [3.8, 4) is 0 Å². The molecule has 0 aliphatic rings. The molecule has 1 unspecified atom stereocenters. The zero-order valence-electron chi connectivity index (χ0n) is 17.3. The molecule has 156 valence electrons. The Balaban J connectivity index is 2.01. The average molecular weight is 419 g/mol. The van der Waals surface area contributed by atoms with Crippen molar-refractivity contribution in [2.45, 2.75) is 39.2 Å². The molecule has 7 heteroatoms. The number of anilines is 1. The van der Waals surface area contributed by atoms with Gasteiger partial charge >= 0.3 is 0 Å². The number of carbonyl (C=O) groups excluding carboxylic acids is 1. The van der Waals surface area contributed by atoms with Crippen LogP contribution in [0.4, 0.5) is 10.1 Å². The van der Waals surface area contributed by atoms with Gasteiger partial charge in [0.25, 0.3) is 0 Å². The molecule has 0 heterocycles. The Kier molecular flexibility index (Phi) is 6.85. The van der Waals surface area contributed by atoms with Gasteiger partial charge in [0.05, 0.1) is 18.0 Å². The van der Waals surface area contributed by atoms with Crippen molar-refractivity contribution in [3.63, 3.8) is 0 Å². The molecule has 0 bridgehead atoms. The van der Waals surface area contributed by atoms with Crippen LogP contribution < -0.4 is 10.0 Å².